The molecule has 18 heavy (non-hydrogen) atoms. The average Bonchev–Trinajstić information content (AvgIpc) is 2.24. The molecule has 0 saturated heterocycles. The van der Waals surface area contributed by atoms with Gasteiger partial charge in [0.05, 0.1) is 5.92 Å². The molecule has 4 N–H and O–H groups in total. The number of nitrogens with one attached hydrogen (secondary N) is 1. The second kappa shape index (κ2) is 7.10. The Bertz CT molecular complexity index is 261. The van der Waals surface area contributed by atoms with Crippen LogP contribution >= 0.6 is 0 Å². The Morgan fingerprint density at radius 2 is 1.89 bits per heavy atom. The Kier molecular flexibility index (Phi) is 6.86. The fraction of sp³-hybridized carbons (Fsp3) is 0.929. The third-order valence-electron chi connectivity index (χ3n) is 3.38. The highest BCUT2D eigenvalue weighted by Gasteiger charge is 2.29. The van der Waals surface area contributed by atoms with Crippen LogP contribution in [0.15, 0.2) is 0 Å². The molecule has 108 valence electrons. The zero-order valence-electron chi connectivity index (χ0n) is 12.5. The first kappa shape index (κ1) is 17.4. The van der Waals surface area contributed by atoms with E-state index >= 15 is 0 Å². The van der Waals surface area contributed by atoms with Gasteiger partial charge in [0.25, 0.3) is 0 Å². The van der Waals surface area contributed by atoms with Gasteiger partial charge in [0.2, 0.25) is 5.91 Å². The van der Waals surface area contributed by atoms with Crippen molar-refractivity contribution in [1.29, 1.82) is 0 Å². The van der Waals surface area contributed by atoms with Crippen molar-refractivity contribution in [2.75, 3.05) is 13.2 Å². The number of amides is 1. The quantitative estimate of drug-likeness (QED) is 0.650. The lowest BCUT2D eigenvalue weighted by atomic mass is 9.83. The van der Waals surface area contributed by atoms with Crippen LogP contribution in [-0.2, 0) is 4.79 Å². The number of hydrogen-bond donors (Lipinski definition) is 3. The van der Waals surface area contributed by atoms with Crippen LogP contribution in [0.5, 0.6) is 0 Å². The van der Waals surface area contributed by atoms with Crippen molar-refractivity contribution in [3.05, 3.63) is 0 Å². The molecule has 0 aliphatic rings. The van der Waals surface area contributed by atoms with Crippen LogP contribution in [0.4, 0.5) is 0 Å². The fourth-order valence-electron chi connectivity index (χ4n) is 2.00. The molecule has 2 unspecified atom stereocenters. The van der Waals surface area contributed by atoms with E-state index in [9.17, 15) is 4.79 Å². The van der Waals surface area contributed by atoms with Crippen molar-refractivity contribution in [3.8, 4) is 0 Å². The molecule has 4 nitrogen and oxygen atoms in total. The van der Waals surface area contributed by atoms with E-state index in [1.54, 1.807) is 0 Å². The SMILES string of the molecule is CCC(C)(CCO)NC(=O)C(CN)CC(C)(C)C. The fourth-order valence-corrected chi connectivity index (χ4v) is 2.00. The van der Waals surface area contributed by atoms with E-state index in [1.165, 1.54) is 0 Å². The molecule has 0 rings (SSSR count). The highest BCUT2D eigenvalue weighted by Crippen LogP contribution is 2.25. The van der Waals surface area contributed by atoms with E-state index in [1.807, 2.05) is 13.8 Å². The number of carbonyl (C=O) groups excluding carboxylic acids is 1. The molecule has 0 aromatic rings. The summed E-state index contributed by atoms with van der Waals surface area (Å²) in [6.45, 7) is 10.7. The van der Waals surface area contributed by atoms with E-state index in [4.69, 9.17) is 10.8 Å². The Morgan fingerprint density at radius 1 is 1.33 bits per heavy atom. The van der Waals surface area contributed by atoms with Crippen LogP contribution in [0.25, 0.3) is 0 Å². The minimum atomic E-state index is -0.336. The average molecular weight is 258 g/mol. The predicted molar refractivity (Wildman–Crippen MR) is 75.2 cm³/mol. The van der Waals surface area contributed by atoms with E-state index in [0.717, 1.165) is 12.8 Å². The lowest BCUT2D eigenvalue weighted by Crippen LogP contribution is -2.50. The first-order valence-electron chi connectivity index (χ1n) is 6.80. The summed E-state index contributed by atoms with van der Waals surface area (Å²) in [5.74, 6) is -0.153. The number of aliphatic hydroxyl groups excluding tert-OH is 1. The standard InChI is InChI=1S/C14H30N2O2/c1-6-14(5,7-8-17)16-12(18)11(10-15)9-13(2,3)4/h11,17H,6-10,15H2,1-5H3,(H,16,18). The molecule has 0 aromatic carbocycles. The van der Waals surface area contributed by atoms with Crippen molar-refractivity contribution in [2.24, 2.45) is 17.1 Å². The number of nitrogens with two attached hydrogens (primary N) is 1. The maximum Gasteiger partial charge on any atom is 0.224 e. The molecule has 0 fully saturated rings. The van der Waals surface area contributed by atoms with Gasteiger partial charge in [-0.1, -0.05) is 27.7 Å². The van der Waals surface area contributed by atoms with Crippen molar-refractivity contribution in [3.63, 3.8) is 0 Å². The molecular formula is C14H30N2O2. The predicted octanol–water partition coefficient (Wildman–Crippen LogP) is 1.66. The summed E-state index contributed by atoms with van der Waals surface area (Å²) in [4.78, 5) is 12.2. The Hall–Kier alpha value is -0.610. The van der Waals surface area contributed by atoms with Gasteiger partial charge >= 0.3 is 0 Å². The monoisotopic (exact) mass is 258 g/mol. The second-order valence-corrected chi connectivity index (χ2v) is 6.57. The van der Waals surface area contributed by atoms with Crippen LogP contribution in [0.3, 0.4) is 0 Å². The summed E-state index contributed by atoms with van der Waals surface area (Å²) in [7, 11) is 0. The van der Waals surface area contributed by atoms with Gasteiger partial charge in [-0.3, -0.25) is 4.79 Å². The molecule has 0 aliphatic carbocycles. The number of rotatable bonds is 7. The molecule has 1 amide bonds. The van der Waals surface area contributed by atoms with Crippen LogP contribution in [-0.4, -0.2) is 29.7 Å². The summed E-state index contributed by atoms with van der Waals surface area (Å²) >= 11 is 0. The molecule has 0 saturated carbocycles. The second-order valence-electron chi connectivity index (χ2n) is 6.57. The summed E-state index contributed by atoms with van der Waals surface area (Å²) in [5.41, 5.74) is 5.45. The Labute approximate surface area is 111 Å². The van der Waals surface area contributed by atoms with Gasteiger partial charge in [0.1, 0.15) is 0 Å². The minimum Gasteiger partial charge on any atom is -0.396 e. The first-order chi connectivity index (χ1) is 8.17. The van der Waals surface area contributed by atoms with E-state index in [-0.39, 0.29) is 29.4 Å². The Morgan fingerprint density at radius 3 is 2.22 bits per heavy atom. The van der Waals surface area contributed by atoms with Crippen molar-refractivity contribution < 1.29 is 9.90 Å². The number of aliphatic hydroxyl groups is 1. The van der Waals surface area contributed by atoms with Crippen molar-refractivity contribution in [1.82, 2.24) is 5.32 Å². The van der Waals surface area contributed by atoms with Gasteiger partial charge in [-0.2, -0.15) is 0 Å². The van der Waals surface area contributed by atoms with Gasteiger partial charge in [-0.05, 0) is 31.6 Å². The zero-order chi connectivity index (χ0) is 14.4. The largest absolute Gasteiger partial charge is 0.396 e. The van der Waals surface area contributed by atoms with Gasteiger partial charge < -0.3 is 16.2 Å². The molecule has 0 radical (unpaired) electrons. The van der Waals surface area contributed by atoms with Crippen LogP contribution in [0.2, 0.25) is 0 Å². The minimum absolute atomic E-state index is 0.00484. The number of hydrogen-bond acceptors (Lipinski definition) is 3. The Balaban J connectivity index is 4.60. The van der Waals surface area contributed by atoms with E-state index in [2.05, 4.69) is 26.1 Å². The normalized spacial score (nSPS) is 17.1. The third-order valence-corrected chi connectivity index (χ3v) is 3.38. The molecule has 0 spiro atoms. The van der Waals surface area contributed by atoms with E-state index < -0.39 is 0 Å². The molecule has 0 heterocycles. The number of carbonyl (C=O) groups is 1. The molecule has 0 bridgehead atoms. The smallest absolute Gasteiger partial charge is 0.224 e. The lowest BCUT2D eigenvalue weighted by molar-refractivity contribution is -0.127. The summed E-state index contributed by atoms with van der Waals surface area (Å²) in [6.07, 6.45) is 2.14. The highest BCUT2D eigenvalue weighted by molar-refractivity contribution is 5.79. The van der Waals surface area contributed by atoms with Gasteiger partial charge in [0, 0.05) is 18.7 Å². The van der Waals surface area contributed by atoms with Crippen LogP contribution in [0.1, 0.15) is 53.9 Å². The molecule has 4 heteroatoms. The van der Waals surface area contributed by atoms with Gasteiger partial charge in [-0.25, -0.2) is 0 Å². The maximum atomic E-state index is 12.2. The zero-order valence-corrected chi connectivity index (χ0v) is 12.5. The summed E-state index contributed by atoms with van der Waals surface area (Å²) < 4.78 is 0. The van der Waals surface area contributed by atoms with Crippen LogP contribution in [0, 0.1) is 11.3 Å². The molecular weight excluding hydrogens is 228 g/mol. The first-order valence-corrected chi connectivity index (χ1v) is 6.80. The lowest BCUT2D eigenvalue weighted by Gasteiger charge is -2.32. The summed E-state index contributed by atoms with van der Waals surface area (Å²) in [6, 6.07) is 0. The van der Waals surface area contributed by atoms with Crippen molar-refractivity contribution >= 4 is 5.91 Å². The highest BCUT2D eigenvalue weighted by atomic mass is 16.3. The van der Waals surface area contributed by atoms with Gasteiger partial charge in [-0.15, -0.1) is 0 Å². The van der Waals surface area contributed by atoms with E-state index in [0.29, 0.717) is 13.0 Å². The van der Waals surface area contributed by atoms with Crippen LogP contribution < -0.4 is 11.1 Å². The molecule has 2 atom stereocenters. The topological polar surface area (TPSA) is 75.3 Å². The third kappa shape index (κ3) is 6.36. The molecule has 0 aromatic heterocycles. The summed E-state index contributed by atoms with van der Waals surface area (Å²) in [5, 5.41) is 12.1. The van der Waals surface area contributed by atoms with Crippen molar-refractivity contribution in [2.45, 2.75) is 59.4 Å². The molecule has 0 aliphatic heterocycles. The van der Waals surface area contributed by atoms with Gasteiger partial charge in [0.15, 0.2) is 0 Å². The maximum absolute atomic E-state index is 12.2.